The van der Waals surface area contributed by atoms with Crippen molar-refractivity contribution in [2.45, 2.75) is 13.2 Å². The number of carbonyl (C=O) groups excluding carboxylic acids is 1. The average molecular weight is 465 g/mol. The molecule has 0 spiro atoms. The first-order valence-corrected chi connectivity index (χ1v) is 11.9. The number of anilines is 1. The van der Waals surface area contributed by atoms with Crippen LogP contribution in [0.3, 0.4) is 0 Å². The number of hydrogen-bond donors (Lipinski definition) is 0. The molecule has 0 radical (unpaired) electrons. The summed E-state index contributed by atoms with van der Waals surface area (Å²) in [6, 6.07) is 16.8. The molecule has 0 bridgehead atoms. The van der Waals surface area contributed by atoms with E-state index in [9.17, 15) is 4.79 Å². The van der Waals surface area contributed by atoms with E-state index in [4.69, 9.17) is 14.2 Å². The second-order valence-corrected chi connectivity index (χ2v) is 8.84. The highest BCUT2D eigenvalue weighted by Crippen LogP contribution is 2.35. The molecule has 0 saturated heterocycles. The molecule has 0 saturated carbocycles. The molecule has 1 aliphatic rings. The molecule has 1 aliphatic heterocycles. The van der Waals surface area contributed by atoms with Crippen LogP contribution in [0.4, 0.5) is 5.69 Å². The normalized spacial score (nSPS) is 12.4. The Morgan fingerprint density at radius 1 is 1.06 bits per heavy atom. The molecular weight excluding hydrogens is 444 g/mol. The van der Waals surface area contributed by atoms with Crippen LogP contribution in [0.5, 0.6) is 17.2 Å². The van der Waals surface area contributed by atoms with Crippen LogP contribution in [0, 0.1) is 0 Å². The molecule has 4 aromatic rings. The Labute approximate surface area is 193 Å². The molecule has 0 N–H and O–H groups in total. The molecule has 0 unspecified atom stereocenters. The van der Waals surface area contributed by atoms with Crippen LogP contribution in [0.15, 0.2) is 70.9 Å². The maximum absolute atomic E-state index is 13.5. The van der Waals surface area contributed by atoms with E-state index < -0.39 is 0 Å². The Bertz CT molecular complexity index is 1180. The second-order valence-electron chi connectivity index (χ2n) is 7.09. The van der Waals surface area contributed by atoms with E-state index in [0.717, 1.165) is 16.3 Å². The fourth-order valence-electron chi connectivity index (χ4n) is 3.35. The molecule has 5 rings (SSSR count). The standard InChI is InChI=1S/C24H20N2O4S2/c27-24(17-3-6-20(7-4-17)30-14-18-15-31-16-25-18)26(13-21-2-1-11-32-21)19-5-8-22-23(12-19)29-10-9-28-22/h1-8,11-12,15-16H,9-10,13-14H2. The van der Waals surface area contributed by atoms with Gasteiger partial charge in [0.2, 0.25) is 0 Å². The van der Waals surface area contributed by atoms with Gasteiger partial charge in [0.05, 0.1) is 17.7 Å². The summed E-state index contributed by atoms with van der Waals surface area (Å²) in [6.07, 6.45) is 0. The largest absolute Gasteiger partial charge is 0.487 e. The van der Waals surface area contributed by atoms with E-state index in [1.165, 1.54) is 11.3 Å². The number of benzene rings is 2. The van der Waals surface area contributed by atoms with Crippen LogP contribution in [0.2, 0.25) is 0 Å². The molecule has 32 heavy (non-hydrogen) atoms. The first kappa shape index (κ1) is 20.5. The van der Waals surface area contributed by atoms with Crippen molar-refractivity contribution in [3.05, 3.63) is 87.0 Å². The van der Waals surface area contributed by atoms with Crippen molar-refractivity contribution in [1.82, 2.24) is 4.98 Å². The highest BCUT2D eigenvalue weighted by Gasteiger charge is 2.21. The maximum atomic E-state index is 13.5. The topological polar surface area (TPSA) is 60.9 Å². The minimum absolute atomic E-state index is 0.0962. The Morgan fingerprint density at radius 3 is 2.66 bits per heavy atom. The second kappa shape index (κ2) is 9.42. The molecule has 2 aromatic heterocycles. The molecule has 2 aromatic carbocycles. The number of fused-ring (bicyclic) bond motifs is 1. The van der Waals surface area contributed by atoms with Crippen molar-refractivity contribution in [1.29, 1.82) is 0 Å². The minimum atomic E-state index is -0.0962. The van der Waals surface area contributed by atoms with E-state index in [2.05, 4.69) is 4.98 Å². The van der Waals surface area contributed by atoms with Crippen molar-refractivity contribution in [3.8, 4) is 17.2 Å². The first-order valence-electron chi connectivity index (χ1n) is 10.1. The molecule has 1 amide bonds. The van der Waals surface area contributed by atoms with E-state index in [1.54, 1.807) is 33.9 Å². The lowest BCUT2D eigenvalue weighted by molar-refractivity contribution is 0.0985. The third-order valence-corrected chi connectivity index (χ3v) is 6.44. The number of amides is 1. The Hall–Kier alpha value is -3.36. The van der Waals surface area contributed by atoms with Crippen molar-refractivity contribution in [2.75, 3.05) is 18.1 Å². The van der Waals surface area contributed by atoms with E-state index in [-0.39, 0.29) is 5.91 Å². The Morgan fingerprint density at radius 2 is 1.91 bits per heavy atom. The van der Waals surface area contributed by atoms with E-state index in [1.807, 2.05) is 53.2 Å². The third-order valence-electron chi connectivity index (χ3n) is 4.95. The molecule has 0 atom stereocenters. The number of nitrogens with zero attached hydrogens (tertiary/aromatic N) is 2. The van der Waals surface area contributed by atoms with Crippen molar-refractivity contribution < 1.29 is 19.0 Å². The lowest BCUT2D eigenvalue weighted by Gasteiger charge is -2.25. The number of carbonyl (C=O) groups is 1. The van der Waals surface area contributed by atoms with Crippen LogP contribution < -0.4 is 19.1 Å². The third kappa shape index (κ3) is 4.61. The predicted octanol–water partition coefficient (Wildman–Crippen LogP) is 5.40. The summed E-state index contributed by atoms with van der Waals surface area (Å²) in [5, 5.41) is 3.96. The average Bonchev–Trinajstić information content (AvgIpc) is 3.55. The van der Waals surface area contributed by atoms with Crippen LogP contribution in [-0.2, 0) is 13.2 Å². The van der Waals surface area contributed by atoms with E-state index >= 15 is 0 Å². The molecule has 0 fully saturated rings. The monoisotopic (exact) mass is 464 g/mol. The fraction of sp³-hybridized carbons (Fsp3) is 0.167. The summed E-state index contributed by atoms with van der Waals surface area (Å²) >= 11 is 3.15. The van der Waals surface area contributed by atoms with Gasteiger partial charge in [0.25, 0.3) is 5.91 Å². The zero-order valence-corrected chi connectivity index (χ0v) is 18.7. The van der Waals surface area contributed by atoms with Gasteiger partial charge < -0.3 is 19.1 Å². The van der Waals surface area contributed by atoms with Crippen molar-refractivity contribution >= 4 is 34.3 Å². The van der Waals surface area contributed by atoms with Crippen LogP contribution in [0.25, 0.3) is 0 Å². The van der Waals surface area contributed by atoms with Crippen molar-refractivity contribution in [2.24, 2.45) is 0 Å². The summed E-state index contributed by atoms with van der Waals surface area (Å²) in [7, 11) is 0. The van der Waals surface area contributed by atoms with Crippen LogP contribution >= 0.6 is 22.7 Å². The summed E-state index contributed by atoms with van der Waals surface area (Å²) in [4.78, 5) is 20.6. The van der Waals surface area contributed by atoms with Gasteiger partial charge in [0.15, 0.2) is 11.5 Å². The summed E-state index contributed by atoms with van der Waals surface area (Å²) in [5.74, 6) is 1.95. The first-order chi connectivity index (χ1) is 15.8. The number of thiazole rings is 1. The fourth-order valence-corrected chi connectivity index (χ4v) is 4.59. The number of ether oxygens (including phenoxy) is 3. The van der Waals surface area contributed by atoms with Gasteiger partial charge in [-0.05, 0) is 47.8 Å². The summed E-state index contributed by atoms with van der Waals surface area (Å²) < 4.78 is 17.1. The van der Waals surface area contributed by atoms with Crippen LogP contribution in [-0.4, -0.2) is 24.1 Å². The summed E-state index contributed by atoms with van der Waals surface area (Å²) in [6.45, 7) is 1.90. The lowest BCUT2D eigenvalue weighted by Crippen LogP contribution is -2.30. The van der Waals surface area contributed by atoms with Gasteiger partial charge >= 0.3 is 0 Å². The van der Waals surface area contributed by atoms with Crippen LogP contribution in [0.1, 0.15) is 20.9 Å². The molecular formula is C24H20N2O4S2. The van der Waals surface area contributed by atoms with Gasteiger partial charge in [-0.25, -0.2) is 4.98 Å². The molecule has 162 valence electrons. The van der Waals surface area contributed by atoms with E-state index in [0.29, 0.717) is 49.2 Å². The number of hydrogen-bond acceptors (Lipinski definition) is 7. The molecule has 3 heterocycles. The SMILES string of the molecule is O=C(c1ccc(OCc2cscn2)cc1)N(Cc1cccs1)c1ccc2c(c1)OCCO2. The zero-order chi connectivity index (χ0) is 21.8. The van der Waals surface area contributed by atoms with Gasteiger partial charge in [-0.3, -0.25) is 4.79 Å². The van der Waals surface area contributed by atoms with Gasteiger partial charge in [0, 0.05) is 27.6 Å². The van der Waals surface area contributed by atoms with Gasteiger partial charge in [-0.15, -0.1) is 22.7 Å². The maximum Gasteiger partial charge on any atom is 0.258 e. The molecule has 0 aliphatic carbocycles. The quantitative estimate of drug-likeness (QED) is 0.366. The smallest absolute Gasteiger partial charge is 0.258 e. The van der Waals surface area contributed by atoms with Crippen molar-refractivity contribution in [3.63, 3.8) is 0 Å². The number of thiophene rings is 1. The molecule has 6 nitrogen and oxygen atoms in total. The van der Waals surface area contributed by atoms with Gasteiger partial charge in [-0.1, -0.05) is 6.07 Å². The number of aromatic nitrogens is 1. The van der Waals surface area contributed by atoms with Gasteiger partial charge in [0.1, 0.15) is 25.6 Å². The molecule has 8 heteroatoms. The van der Waals surface area contributed by atoms with Gasteiger partial charge in [-0.2, -0.15) is 0 Å². The Kier molecular flexibility index (Phi) is 6.04. The number of rotatable bonds is 7. The Balaban J connectivity index is 1.38. The predicted molar refractivity (Wildman–Crippen MR) is 125 cm³/mol. The summed E-state index contributed by atoms with van der Waals surface area (Å²) in [5.41, 5.74) is 4.00. The lowest BCUT2D eigenvalue weighted by atomic mass is 10.1. The zero-order valence-electron chi connectivity index (χ0n) is 17.1. The minimum Gasteiger partial charge on any atom is -0.487 e. The highest BCUT2D eigenvalue weighted by molar-refractivity contribution is 7.09. The highest BCUT2D eigenvalue weighted by atomic mass is 32.1.